The topological polar surface area (TPSA) is 49.4 Å². The maximum absolute atomic E-state index is 12.9. The van der Waals surface area contributed by atoms with Crippen LogP contribution in [0.25, 0.3) is 0 Å². The molecule has 2 amide bonds. The molecule has 124 valence electrons. The summed E-state index contributed by atoms with van der Waals surface area (Å²) in [5.74, 6) is -0.580. The standard InChI is InChI=1S/C20H22N2O2/c1-4-15-20(2,3)22(19(24)17-13-9-6-10-14-17)21-18(23)16-11-7-5-8-12-16/h4-14H,1,15H2,2-3H3,(H,21,23). The molecule has 0 atom stereocenters. The van der Waals surface area contributed by atoms with Crippen molar-refractivity contribution < 1.29 is 9.59 Å². The van der Waals surface area contributed by atoms with E-state index in [1.165, 1.54) is 5.01 Å². The fraction of sp³-hybridized carbons (Fsp3) is 0.200. The van der Waals surface area contributed by atoms with E-state index in [4.69, 9.17) is 0 Å². The molecule has 24 heavy (non-hydrogen) atoms. The second-order valence-corrected chi connectivity index (χ2v) is 6.12. The highest BCUT2D eigenvalue weighted by molar-refractivity contribution is 5.99. The smallest absolute Gasteiger partial charge is 0.267 e. The molecule has 2 aromatic carbocycles. The van der Waals surface area contributed by atoms with Crippen LogP contribution in [0.1, 0.15) is 41.0 Å². The Hall–Kier alpha value is -2.88. The number of benzene rings is 2. The molecule has 0 saturated heterocycles. The number of amides is 2. The molecular weight excluding hydrogens is 300 g/mol. The van der Waals surface area contributed by atoms with Crippen molar-refractivity contribution in [3.8, 4) is 0 Å². The van der Waals surface area contributed by atoms with Gasteiger partial charge in [0, 0.05) is 11.1 Å². The van der Waals surface area contributed by atoms with Gasteiger partial charge in [-0.2, -0.15) is 0 Å². The SMILES string of the molecule is C=CCC(C)(C)N(NC(=O)c1ccccc1)C(=O)c1ccccc1. The summed E-state index contributed by atoms with van der Waals surface area (Å²) >= 11 is 0. The van der Waals surface area contributed by atoms with Gasteiger partial charge in [-0.15, -0.1) is 6.58 Å². The Balaban J connectivity index is 2.31. The summed E-state index contributed by atoms with van der Waals surface area (Å²) in [5.41, 5.74) is 3.16. The summed E-state index contributed by atoms with van der Waals surface area (Å²) < 4.78 is 0. The van der Waals surface area contributed by atoms with Gasteiger partial charge in [-0.3, -0.25) is 15.0 Å². The molecule has 2 rings (SSSR count). The van der Waals surface area contributed by atoms with E-state index in [1.54, 1.807) is 54.6 Å². The van der Waals surface area contributed by atoms with Crippen molar-refractivity contribution in [1.29, 1.82) is 0 Å². The van der Waals surface area contributed by atoms with Crippen LogP contribution >= 0.6 is 0 Å². The maximum Gasteiger partial charge on any atom is 0.272 e. The van der Waals surface area contributed by atoms with Gasteiger partial charge in [0.25, 0.3) is 11.8 Å². The van der Waals surface area contributed by atoms with Crippen LogP contribution in [0, 0.1) is 0 Å². The normalized spacial score (nSPS) is 10.8. The zero-order valence-electron chi connectivity index (χ0n) is 14.0. The van der Waals surface area contributed by atoms with E-state index in [2.05, 4.69) is 12.0 Å². The van der Waals surface area contributed by atoms with Crippen LogP contribution in [0.15, 0.2) is 73.3 Å². The van der Waals surface area contributed by atoms with Gasteiger partial charge >= 0.3 is 0 Å². The Bertz CT molecular complexity index is 709. The van der Waals surface area contributed by atoms with Crippen LogP contribution in [-0.2, 0) is 0 Å². The lowest BCUT2D eigenvalue weighted by molar-refractivity contribution is 0.0324. The number of carbonyl (C=O) groups excluding carboxylic acids is 2. The second-order valence-electron chi connectivity index (χ2n) is 6.12. The largest absolute Gasteiger partial charge is 0.272 e. The van der Waals surface area contributed by atoms with Crippen molar-refractivity contribution in [1.82, 2.24) is 10.4 Å². The van der Waals surface area contributed by atoms with Crippen LogP contribution in [0.2, 0.25) is 0 Å². The minimum atomic E-state index is -0.612. The summed E-state index contributed by atoms with van der Waals surface area (Å²) in [6.07, 6.45) is 2.28. The van der Waals surface area contributed by atoms with Crippen LogP contribution in [0.5, 0.6) is 0 Å². The minimum absolute atomic E-state index is 0.258. The molecule has 0 saturated carbocycles. The number of hydrazine groups is 1. The van der Waals surface area contributed by atoms with Gasteiger partial charge in [-0.05, 0) is 44.5 Å². The third kappa shape index (κ3) is 4.10. The number of nitrogens with one attached hydrogen (secondary N) is 1. The van der Waals surface area contributed by atoms with Crippen molar-refractivity contribution in [2.75, 3.05) is 0 Å². The zero-order chi connectivity index (χ0) is 17.6. The number of hydrogen-bond donors (Lipinski definition) is 1. The van der Waals surface area contributed by atoms with Gasteiger partial charge in [-0.1, -0.05) is 42.5 Å². The average Bonchev–Trinajstić information content (AvgIpc) is 2.60. The highest BCUT2D eigenvalue weighted by atomic mass is 16.2. The molecule has 0 unspecified atom stereocenters. The minimum Gasteiger partial charge on any atom is -0.267 e. The molecule has 0 radical (unpaired) electrons. The third-order valence-corrected chi connectivity index (χ3v) is 3.72. The van der Waals surface area contributed by atoms with E-state index in [0.29, 0.717) is 17.5 Å². The van der Waals surface area contributed by atoms with Gasteiger partial charge in [0.1, 0.15) is 0 Å². The first-order valence-electron chi connectivity index (χ1n) is 7.82. The molecule has 2 aromatic rings. The average molecular weight is 322 g/mol. The molecule has 0 fully saturated rings. The Morgan fingerprint density at radius 1 is 1.00 bits per heavy atom. The van der Waals surface area contributed by atoms with Crippen molar-refractivity contribution >= 4 is 11.8 Å². The quantitative estimate of drug-likeness (QED) is 0.672. The third-order valence-electron chi connectivity index (χ3n) is 3.72. The second kappa shape index (κ2) is 7.59. The molecule has 0 aliphatic heterocycles. The van der Waals surface area contributed by atoms with Gasteiger partial charge < -0.3 is 0 Å². The van der Waals surface area contributed by atoms with E-state index >= 15 is 0 Å². The van der Waals surface area contributed by atoms with Crippen molar-refractivity contribution in [2.45, 2.75) is 25.8 Å². The lowest BCUT2D eigenvalue weighted by Crippen LogP contribution is -2.57. The lowest BCUT2D eigenvalue weighted by Gasteiger charge is -2.38. The van der Waals surface area contributed by atoms with Crippen LogP contribution in [0.4, 0.5) is 0 Å². The summed E-state index contributed by atoms with van der Waals surface area (Å²) in [4.78, 5) is 25.4. The number of carbonyl (C=O) groups is 2. The van der Waals surface area contributed by atoms with Crippen molar-refractivity contribution in [2.24, 2.45) is 0 Å². The first-order valence-corrected chi connectivity index (χ1v) is 7.82. The number of hydrogen-bond acceptors (Lipinski definition) is 2. The molecule has 0 heterocycles. The highest BCUT2D eigenvalue weighted by Gasteiger charge is 2.32. The fourth-order valence-electron chi connectivity index (χ4n) is 2.39. The monoisotopic (exact) mass is 322 g/mol. The van der Waals surface area contributed by atoms with E-state index in [9.17, 15) is 9.59 Å². The highest BCUT2D eigenvalue weighted by Crippen LogP contribution is 2.20. The van der Waals surface area contributed by atoms with E-state index < -0.39 is 5.54 Å². The van der Waals surface area contributed by atoms with E-state index in [0.717, 1.165) is 0 Å². The van der Waals surface area contributed by atoms with E-state index in [-0.39, 0.29) is 11.8 Å². The predicted molar refractivity (Wildman–Crippen MR) is 95.4 cm³/mol. The first kappa shape index (κ1) is 17.5. The summed E-state index contributed by atoms with van der Waals surface area (Å²) in [6.45, 7) is 7.53. The summed E-state index contributed by atoms with van der Waals surface area (Å²) in [5, 5.41) is 1.39. The van der Waals surface area contributed by atoms with Gasteiger partial charge in [0.15, 0.2) is 0 Å². The maximum atomic E-state index is 12.9. The van der Waals surface area contributed by atoms with Crippen LogP contribution < -0.4 is 5.43 Å². The molecule has 4 heteroatoms. The zero-order valence-corrected chi connectivity index (χ0v) is 14.0. The van der Waals surface area contributed by atoms with Gasteiger partial charge in [-0.25, -0.2) is 5.01 Å². The summed E-state index contributed by atoms with van der Waals surface area (Å²) in [7, 11) is 0. The lowest BCUT2D eigenvalue weighted by atomic mass is 9.98. The number of nitrogens with zero attached hydrogens (tertiary/aromatic N) is 1. The molecule has 0 aromatic heterocycles. The summed E-state index contributed by atoms with van der Waals surface area (Å²) in [6, 6.07) is 17.7. The molecular formula is C20H22N2O2. The molecule has 0 bridgehead atoms. The molecule has 0 aliphatic rings. The van der Waals surface area contributed by atoms with Gasteiger partial charge in [0.2, 0.25) is 0 Å². The van der Waals surface area contributed by atoms with Crippen LogP contribution in [-0.4, -0.2) is 22.4 Å². The van der Waals surface area contributed by atoms with Crippen molar-refractivity contribution in [3.63, 3.8) is 0 Å². The van der Waals surface area contributed by atoms with E-state index in [1.807, 2.05) is 26.0 Å². The van der Waals surface area contributed by atoms with Crippen LogP contribution in [0.3, 0.4) is 0 Å². The first-order chi connectivity index (χ1) is 11.5. The fourth-order valence-corrected chi connectivity index (χ4v) is 2.39. The Morgan fingerprint density at radius 3 is 2.00 bits per heavy atom. The predicted octanol–water partition coefficient (Wildman–Crippen LogP) is 3.83. The number of rotatable bonds is 5. The van der Waals surface area contributed by atoms with Gasteiger partial charge in [0.05, 0.1) is 5.54 Å². The Labute approximate surface area is 142 Å². The Kier molecular flexibility index (Phi) is 5.53. The molecule has 0 aliphatic carbocycles. The molecule has 4 nitrogen and oxygen atoms in total. The molecule has 0 spiro atoms. The molecule has 1 N–H and O–H groups in total. The van der Waals surface area contributed by atoms with Crippen molar-refractivity contribution in [3.05, 3.63) is 84.4 Å². The Morgan fingerprint density at radius 2 is 1.50 bits per heavy atom.